The number of hydrogen-bond acceptors (Lipinski definition) is 1. The maximum atomic E-state index is 9.48. The summed E-state index contributed by atoms with van der Waals surface area (Å²) in [5.74, 6) is 0. The van der Waals surface area contributed by atoms with E-state index in [0.717, 1.165) is 29.4 Å². The van der Waals surface area contributed by atoms with Crippen molar-refractivity contribution in [1.29, 1.82) is 0 Å². The summed E-state index contributed by atoms with van der Waals surface area (Å²) in [5.41, 5.74) is 4.43. The number of halogens is 1. The molecule has 0 saturated carbocycles. The zero-order chi connectivity index (χ0) is 12.6. The maximum absolute atomic E-state index is 9.48. The van der Waals surface area contributed by atoms with Gasteiger partial charge in [0.2, 0.25) is 0 Å². The van der Waals surface area contributed by atoms with E-state index in [1.807, 2.05) is 0 Å². The number of fused-ring (bicyclic) bond motifs is 1. The number of benzene rings is 1. The van der Waals surface area contributed by atoms with Crippen LogP contribution in [0, 0.1) is 13.8 Å². The molecule has 2 nitrogen and oxygen atoms in total. The second-order valence-electron chi connectivity index (χ2n) is 4.56. The van der Waals surface area contributed by atoms with Crippen LogP contribution < -0.4 is 0 Å². The zero-order valence-electron chi connectivity index (χ0n) is 10.5. The van der Waals surface area contributed by atoms with Gasteiger partial charge in [-0.15, -0.1) is 0 Å². The van der Waals surface area contributed by atoms with Gasteiger partial charge in [-0.05, 0) is 31.9 Å². The number of aryl methyl sites for hydroxylation is 3. The average molecular weight is 252 g/mol. The molecule has 1 aromatic carbocycles. The minimum atomic E-state index is -0.00502. The second kappa shape index (κ2) is 4.71. The van der Waals surface area contributed by atoms with Crippen LogP contribution in [0.25, 0.3) is 10.9 Å². The Bertz CT molecular complexity index is 557. The number of aliphatic hydroxyl groups is 1. The minimum absolute atomic E-state index is 0.00502. The Balaban J connectivity index is 2.85. The minimum Gasteiger partial charge on any atom is -0.392 e. The second-order valence-corrected chi connectivity index (χ2v) is 4.92. The van der Waals surface area contributed by atoms with Crippen LogP contribution in [0.5, 0.6) is 0 Å². The summed E-state index contributed by atoms with van der Waals surface area (Å²) in [6, 6.07) is 4.26. The van der Waals surface area contributed by atoms with Crippen LogP contribution in [-0.2, 0) is 13.2 Å². The third kappa shape index (κ3) is 1.96. The lowest BCUT2D eigenvalue weighted by Gasteiger charge is -2.07. The molecule has 0 aliphatic carbocycles. The van der Waals surface area contributed by atoms with E-state index in [1.54, 1.807) is 0 Å². The van der Waals surface area contributed by atoms with Gasteiger partial charge in [0, 0.05) is 17.5 Å². The predicted octanol–water partition coefficient (Wildman–Crippen LogP) is 3.81. The monoisotopic (exact) mass is 251 g/mol. The van der Waals surface area contributed by atoms with Crippen molar-refractivity contribution in [3.8, 4) is 0 Å². The molecule has 2 aromatic rings. The molecule has 1 heterocycles. The predicted molar refractivity (Wildman–Crippen MR) is 72.6 cm³/mol. The van der Waals surface area contributed by atoms with Crippen molar-refractivity contribution in [2.45, 2.75) is 40.3 Å². The number of aliphatic hydroxyl groups excluding tert-OH is 1. The quantitative estimate of drug-likeness (QED) is 0.882. The molecule has 0 bridgehead atoms. The SMILES string of the molecule is CCCn1c(Cl)c(CO)c2cc(C)cc(C)c21. The fraction of sp³-hybridized carbons (Fsp3) is 0.429. The molecular weight excluding hydrogens is 234 g/mol. The first-order valence-corrected chi connectivity index (χ1v) is 6.36. The summed E-state index contributed by atoms with van der Waals surface area (Å²) in [6.45, 7) is 7.18. The normalized spacial score (nSPS) is 11.4. The summed E-state index contributed by atoms with van der Waals surface area (Å²) >= 11 is 6.36. The highest BCUT2D eigenvalue weighted by Crippen LogP contribution is 2.33. The van der Waals surface area contributed by atoms with Gasteiger partial charge in [-0.2, -0.15) is 0 Å². The van der Waals surface area contributed by atoms with Crippen LogP contribution >= 0.6 is 11.6 Å². The molecule has 0 radical (unpaired) electrons. The van der Waals surface area contributed by atoms with Gasteiger partial charge in [-0.3, -0.25) is 0 Å². The molecular formula is C14H18ClNO. The zero-order valence-corrected chi connectivity index (χ0v) is 11.3. The third-order valence-corrected chi connectivity index (χ3v) is 3.56. The van der Waals surface area contributed by atoms with Gasteiger partial charge in [-0.25, -0.2) is 0 Å². The van der Waals surface area contributed by atoms with Gasteiger partial charge < -0.3 is 9.67 Å². The highest BCUT2D eigenvalue weighted by Gasteiger charge is 2.16. The summed E-state index contributed by atoms with van der Waals surface area (Å²) in [7, 11) is 0. The highest BCUT2D eigenvalue weighted by molar-refractivity contribution is 6.32. The van der Waals surface area contributed by atoms with Crippen molar-refractivity contribution in [2.75, 3.05) is 0 Å². The fourth-order valence-corrected chi connectivity index (χ4v) is 2.84. The van der Waals surface area contributed by atoms with Crippen LogP contribution in [-0.4, -0.2) is 9.67 Å². The molecule has 2 rings (SSSR count). The van der Waals surface area contributed by atoms with Crippen molar-refractivity contribution in [3.63, 3.8) is 0 Å². The van der Waals surface area contributed by atoms with Crippen molar-refractivity contribution in [2.24, 2.45) is 0 Å². The van der Waals surface area contributed by atoms with E-state index in [1.165, 1.54) is 11.1 Å². The number of aromatic nitrogens is 1. The topological polar surface area (TPSA) is 25.2 Å². The van der Waals surface area contributed by atoms with Gasteiger partial charge >= 0.3 is 0 Å². The first-order chi connectivity index (χ1) is 8.10. The molecule has 0 aliphatic rings. The molecule has 0 unspecified atom stereocenters. The van der Waals surface area contributed by atoms with Crippen molar-refractivity contribution in [1.82, 2.24) is 4.57 Å². The number of hydrogen-bond donors (Lipinski definition) is 1. The molecule has 17 heavy (non-hydrogen) atoms. The van der Waals surface area contributed by atoms with Gasteiger partial charge in [0.25, 0.3) is 0 Å². The first-order valence-electron chi connectivity index (χ1n) is 5.98. The highest BCUT2D eigenvalue weighted by atomic mass is 35.5. The Labute approximate surface area is 107 Å². The number of nitrogens with zero attached hydrogens (tertiary/aromatic N) is 1. The van der Waals surface area contributed by atoms with E-state index in [4.69, 9.17) is 11.6 Å². The Kier molecular flexibility index (Phi) is 3.45. The molecule has 0 saturated heterocycles. The van der Waals surface area contributed by atoms with E-state index >= 15 is 0 Å². The maximum Gasteiger partial charge on any atom is 0.115 e. The van der Waals surface area contributed by atoms with E-state index in [9.17, 15) is 5.11 Å². The summed E-state index contributed by atoms with van der Waals surface area (Å²) in [6.07, 6.45) is 1.03. The summed E-state index contributed by atoms with van der Waals surface area (Å²) in [4.78, 5) is 0. The van der Waals surface area contributed by atoms with Crippen LogP contribution in [0.3, 0.4) is 0 Å². The molecule has 1 N–H and O–H groups in total. The van der Waals surface area contributed by atoms with E-state index in [2.05, 4.69) is 37.5 Å². The lowest BCUT2D eigenvalue weighted by atomic mass is 10.1. The molecule has 0 fully saturated rings. The van der Waals surface area contributed by atoms with Gasteiger partial charge in [0.15, 0.2) is 0 Å². The smallest absolute Gasteiger partial charge is 0.115 e. The Morgan fingerprint density at radius 3 is 2.59 bits per heavy atom. The molecule has 92 valence electrons. The number of rotatable bonds is 3. The lowest BCUT2D eigenvalue weighted by Crippen LogP contribution is -1.98. The van der Waals surface area contributed by atoms with Crippen LogP contribution in [0.1, 0.15) is 30.0 Å². The first kappa shape index (κ1) is 12.5. The van der Waals surface area contributed by atoms with Gasteiger partial charge in [0.05, 0.1) is 12.1 Å². The van der Waals surface area contributed by atoms with Crippen LogP contribution in [0.4, 0.5) is 0 Å². The molecule has 0 spiro atoms. The third-order valence-electron chi connectivity index (χ3n) is 3.13. The largest absolute Gasteiger partial charge is 0.392 e. The average Bonchev–Trinajstić information content (AvgIpc) is 2.52. The standard InChI is InChI=1S/C14H18ClNO/c1-4-5-16-13-10(3)6-9(2)7-11(13)12(8-17)14(16)15/h6-7,17H,4-5,8H2,1-3H3. The van der Waals surface area contributed by atoms with Crippen LogP contribution in [0.15, 0.2) is 12.1 Å². The van der Waals surface area contributed by atoms with Crippen molar-refractivity contribution >= 4 is 22.5 Å². The van der Waals surface area contributed by atoms with E-state index in [0.29, 0.717) is 5.15 Å². The van der Waals surface area contributed by atoms with Gasteiger partial charge in [0.1, 0.15) is 5.15 Å². The molecule has 1 aromatic heterocycles. The Hall–Kier alpha value is -0.990. The van der Waals surface area contributed by atoms with Crippen molar-refractivity contribution < 1.29 is 5.11 Å². The summed E-state index contributed by atoms with van der Waals surface area (Å²) in [5, 5.41) is 11.2. The van der Waals surface area contributed by atoms with E-state index < -0.39 is 0 Å². The molecule has 0 atom stereocenters. The lowest BCUT2D eigenvalue weighted by molar-refractivity contribution is 0.283. The fourth-order valence-electron chi connectivity index (χ4n) is 2.50. The molecule has 3 heteroatoms. The molecule has 0 amide bonds. The Morgan fingerprint density at radius 2 is 2.00 bits per heavy atom. The Morgan fingerprint density at radius 1 is 1.29 bits per heavy atom. The molecule has 0 aliphatic heterocycles. The summed E-state index contributed by atoms with van der Waals surface area (Å²) < 4.78 is 2.11. The van der Waals surface area contributed by atoms with Gasteiger partial charge in [-0.1, -0.05) is 30.2 Å². The van der Waals surface area contributed by atoms with E-state index in [-0.39, 0.29) is 6.61 Å². The van der Waals surface area contributed by atoms with Crippen LogP contribution in [0.2, 0.25) is 5.15 Å². The van der Waals surface area contributed by atoms with Crippen molar-refractivity contribution in [3.05, 3.63) is 34.0 Å².